The van der Waals surface area contributed by atoms with Crippen molar-refractivity contribution in [3.05, 3.63) is 34.9 Å². The number of hydrogen-bond acceptors (Lipinski definition) is 2. The quantitative estimate of drug-likeness (QED) is 0.906. The van der Waals surface area contributed by atoms with Crippen molar-refractivity contribution in [2.75, 3.05) is 13.2 Å². The zero-order valence-corrected chi connectivity index (χ0v) is 12.2. The first-order valence-electron chi connectivity index (χ1n) is 7.27. The Morgan fingerprint density at radius 1 is 1.32 bits per heavy atom. The van der Waals surface area contributed by atoms with Crippen LogP contribution in [-0.2, 0) is 4.74 Å². The molecule has 0 amide bonds. The van der Waals surface area contributed by atoms with Crippen LogP contribution >= 0.6 is 11.6 Å². The van der Waals surface area contributed by atoms with E-state index in [4.69, 9.17) is 16.3 Å². The van der Waals surface area contributed by atoms with E-state index in [1.807, 2.05) is 12.1 Å². The first-order valence-corrected chi connectivity index (χ1v) is 7.65. The second-order valence-corrected chi connectivity index (χ2v) is 6.64. The lowest BCUT2D eigenvalue weighted by molar-refractivity contribution is 0.0158. The fourth-order valence-electron chi connectivity index (χ4n) is 3.13. The summed E-state index contributed by atoms with van der Waals surface area (Å²) >= 11 is 5.92. The first-order chi connectivity index (χ1) is 9.15. The maximum absolute atomic E-state index is 5.92. The van der Waals surface area contributed by atoms with Crippen molar-refractivity contribution < 1.29 is 4.74 Å². The molecule has 3 heteroatoms. The topological polar surface area (TPSA) is 21.3 Å². The van der Waals surface area contributed by atoms with Crippen molar-refractivity contribution in [2.45, 2.75) is 50.2 Å². The van der Waals surface area contributed by atoms with Gasteiger partial charge < -0.3 is 10.1 Å². The highest BCUT2D eigenvalue weighted by atomic mass is 35.5. The lowest BCUT2D eigenvalue weighted by Crippen LogP contribution is -2.47. The molecule has 1 saturated heterocycles. The van der Waals surface area contributed by atoms with Crippen LogP contribution in [0.3, 0.4) is 0 Å². The number of nitrogens with one attached hydrogen (secondary N) is 1. The van der Waals surface area contributed by atoms with Crippen molar-refractivity contribution in [2.24, 2.45) is 0 Å². The molecule has 1 N–H and O–H groups in total. The second kappa shape index (κ2) is 5.43. The molecule has 19 heavy (non-hydrogen) atoms. The molecule has 1 aromatic carbocycles. The first kappa shape index (κ1) is 13.4. The number of ether oxygens (including phenoxy) is 1. The maximum atomic E-state index is 5.92. The standard InChI is InChI=1S/C16H22ClNO/c1-16(7-2-8-19-16)11-18-15-9-13(10-15)12-3-5-14(17)6-4-12/h3-6,13,15,18H,2,7-11H2,1H3. The average molecular weight is 280 g/mol. The van der Waals surface area contributed by atoms with Crippen LogP contribution in [0.5, 0.6) is 0 Å². The molecule has 0 aromatic heterocycles. The minimum atomic E-state index is 0.0748. The van der Waals surface area contributed by atoms with Crippen molar-refractivity contribution in [1.82, 2.24) is 5.32 Å². The average Bonchev–Trinajstić information content (AvgIpc) is 2.77. The predicted molar refractivity (Wildman–Crippen MR) is 78.8 cm³/mol. The molecule has 2 fully saturated rings. The summed E-state index contributed by atoms with van der Waals surface area (Å²) in [6, 6.07) is 8.95. The van der Waals surface area contributed by atoms with Crippen LogP contribution in [0.25, 0.3) is 0 Å². The Hall–Kier alpha value is -0.570. The molecule has 0 spiro atoms. The minimum absolute atomic E-state index is 0.0748. The zero-order valence-electron chi connectivity index (χ0n) is 11.5. The fourth-order valence-corrected chi connectivity index (χ4v) is 3.25. The molecule has 1 aliphatic heterocycles. The van der Waals surface area contributed by atoms with Gasteiger partial charge in [0.1, 0.15) is 0 Å². The molecule has 0 bridgehead atoms. The van der Waals surface area contributed by atoms with Crippen LogP contribution in [0, 0.1) is 0 Å². The third kappa shape index (κ3) is 3.13. The van der Waals surface area contributed by atoms with Crippen molar-refractivity contribution in [3.63, 3.8) is 0 Å². The molecule has 1 atom stereocenters. The molecule has 3 rings (SSSR count). The number of benzene rings is 1. The van der Waals surface area contributed by atoms with E-state index in [1.165, 1.54) is 31.2 Å². The number of hydrogen-bond donors (Lipinski definition) is 1. The van der Waals surface area contributed by atoms with E-state index < -0.39 is 0 Å². The van der Waals surface area contributed by atoms with Crippen molar-refractivity contribution in [1.29, 1.82) is 0 Å². The highest BCUT2D eigenvalue weighted by molar-refractivity contribution is 6.30. The SMILES string of the molecule is CC1(CNC2CC(c3ccc(Cl)cc3)C2)CCCO1. The molecule has 1 aliphatic carbocycles. The lowest BCUT2D eigenvalue weighted by atomic mass is 9.75. The molecule has 1 unspecified atom stereocenters. The van der Waals surface area contributed by atoms with E-state index in [-0.39, 0.29) is 5.60 Å². The van der Waals surface area contributed by atoms with E-state index in [0.29, 0.717) is 12.0 Å². The van der Waals surface area contributed by atoms with Gasteiger partial charge >= 0.3 is 0 Å². The summed E-state index contributed by atoms with van der Waals surface area (Å²) in [7, 11) is 0. The molecule has 1 aromatic rings. The van der Waals surface area contributed by atoms with Gasteiger partial charge in [-0.25, -0.2) is 0 Å². The Morgan fingerprint density at radius 2 is 2.05 bits per heavy atom. The highest BCUT2D eigenvalue weighted by Gasteiger charge is 2.34. The summed E-state index contributed by atoms with van der Waals surface area (Å²) in [6.45, 7) is 4.14. The molecular formula is C16H22ClNO. The van der Waals surface area contributed by atoms with Gasteiger partial charge in [-0.3, -0.25) is 0 Å². The Balaban J connectivity index is 1.44. The third-order valence-corrected chi connectivity index (χ3v) is 4.80. The van der Waals surface area contributed by atoms with Gasteiger partial charge in [0.2, 0.25) is 0 Å². The lowest BCUT2D eigenvalue weighted by Gasteiger charge is -2.38. The van der Waals surface area contributed by atoms with Crippen LogP contribution in [0.15, 0.2) is 24.3 Å². The normalized spacial score (nSPS) is 34.2. The van der Waals surface area contributed by atoms with Gasteiger partial charge in [0.15, 0.2) is 0 Å². The minimum Gasteiger partial charge on any atom is -0.374 e. The van der Waals surface area contributed by atoms with Gasteiger partial charge in [0.05, 0.1) is 5.60 Å². The fraction of sp³-hybridized carbons (Fsp3) is 0.625. The monoisotopic (exact) mass is 279 g/mol. The van der Waals surface area contributed by atoms with Crippen molar-refractivity contribution in [3.8, 4) is 0 Å². The summed E-state index contributed by atoms with van der Waals surface area (Å²) in [5, 5.41) is 4.48. The largest absolute Gasteiger partial charge is 0.374 e. The summed E-state index contributed by atoms with van der Waals surface area (Å²) in [5.41, 5.74) is 1.50. The van der Waals surface area contributed by atoms with Gasteiger partial charge in [0, 0.05) is 24.2 Å². The molecule has 2 aliphatic rings. The third-order valence-electron chi connectivity index (χ3n) is 4.54. The summed E-state index contributed by atoms with van der Waals surface area (Å²) < 4.78 is 5.81. The molecule has 1 saturated carbocycles. The van der Waals surface area contributed by atoms with E-state index in [2.05, 4.69) is 24.4 Å². The van der Waals surface area contributed by atoms with Crippen LogP contribution in [0.4, 0.5) is 0 Å². The molecule has 1 heterocycles. The van der Waals surface area contributed by atoms with Crippen LogP contribution in [-0.4, -0.2) is 24.8 Å². The van der Waals surface area contributed by atoms with Crippen LogP contribution < -0.4 is 5.32 Å². The van der Waals surface area contributed by atoms with Crippen molar-refractivity contribution >= 4 is 11.6 Å². The van der Waals surface area contributed by atoms with E-state index in [9.17, 15) is 0 Å². The van der Waals surface area contributed by atoms with Gasteiger partial charge in [0.25, 0.3) is 0 Å². The van der Waals surface area contributed by atoms with E-state index >= 15 is 0 Å². The van der Waals surface area contributed by atoms with Gasteiger partial charge in [-0.1, -0.05) is 23.7 Å². The van der Waals surface area contributed by atoms with Gasteiger partial charge in [-0.05, 0) is 56.2 Å². The van der Waals surface area contributed by atoms with Crippen LogP contribution in [0.1, 0.15) is 44.1 Å². The smallest absolute Gasteiger partial charge is 0.0779 e. The summed E-state index contributed by atoms with van der Waals surface area (Å²) in [6.07, 6.45) is 4.86. The highest BCUT2D eigenvalue weighted by Crippen LogP contribution is 2.37. The Labute approximate surface area is 120 Å². The Kier molecular flexibility index (Phi) is 3.84. The number of rotatable bonds is 4. The maximum Gasteiger partial charge on any atom is 0.0779 e. The molecule has 0 radical (unpaired) electrons. The number of halogens is 1. The van der Waals surface area contributed by atoms with E-state index in [1.54, 1.807) is 0 Å². The van der Waals surface area contributed by atoms with E-state index in [0.717, 1.165) is 18.2 Å². The van der Waals surface area contributed by atoms with Crippen LogP contribution in [0.2, 0.25) is 5.02 Å². The molecule has 2 nitrogen and oxygen atoms in total. The zero-order chi connectivity index (χ0) is 13.3. The molecular weight excluding hydrogens is 258 g/mol. The Bertz CT molecular complexity index is 419. The van der Waals surface area contributed by atoms with Gasteiger partial charge in [-0.15, -0.1) is 0 Å². The Morgan fingerprint density at radius 3 is 2.68 bits per heavy atom. The summed E-state index contributed by atoms with van der Waals surface area (Å²) in [5.74, 6) is 0.701. The van der Waals surface area contributed by atoms with Gasteiger partial charge in [-0.2, -0.15) is 0 Å². The predicted octanol–water partition coefficient (Wildman–Crippen LogP) is 3.74. The summed E-state index contributed by atoms with van der Waals surface area (Å²) in [4.78, 5) is 0. The molecule has 104 valence electrons. The second-order valence-electron chi connectivity index (χ2n) is 6.20.